The van der Waals surface area contributed by atoms with Gasteiger partial charge < -0.3 is 15.0 Å². The van der Waals surface area contributed by atoms with Crippen LogP contribution < -0.4 is 5.32 Å². The molecule has 4 nitrogen and oxygen atoms in total. The van der Waals surface area contributed by atoms with E-state index in [4.69, 9.17) is 4.74 Å². The standard InChI is InChI=1S/C12H26N2O2/c1-4-8-14(9-5-2)10-7-13-11-12(15)16-6-3/h13H,4-11H2,1-3H3. The molecule has 0 aliphatic heterocycles. The number of nitrogens with zero attached hydrogens (tertiary/aromatic N) is 1. The number of esters is 1. The van der Waals surface area contributed by atoms with Crippen LogP contribution in [-0.2, 0) is 9.53 Å². The Kier molecular flexibility index (Phi) is 10.5. The molecule has 0 amide bonds. The highest BCUT2D eigenvalue weighted by Gasteiger charge is 2.03. The van der Waals surface area contributed by atoms with Gasteiger partial charge in [0.1, 0.15) is 0 Å². The van der Waals surface area contributed by atoms with Crippen molar-refractivity contribution in [2.24, 2.45) is 0 Å². The summed E-state index contributed by atoms with van der Waals surface area (Å²) in [5.41, 5.74) is 0. The minimum Gasteiger partial charge on any atom is -0.465 e. The van der Waals surface area contributed by atoms with Crippen molar-refractivity contribution in [2.45, 2.75) is 33.6 Å². The summed E-state index contributed by atoms with van der Waals surface area (Å²) in [4.78, 5) is 13.5. The normalized spacial score (nSPS) is 10.8. The lowest BCUT2D eigenvalue weighted by atomic mass is 10.3. The zero-order chi connectivity index (χ0) is 12.2. The molecule has 0 rings (SSSR count). The van der Waals surface area contributed by atoms with Gasteiger partial charge in [0.2, 0.25) is 0 Å². The van der Waals surface area contributed by atoms with Crippen LogP contribution in [0.5, 0.6) is 0 Å². The maximum absolute atomic E-state index is 11.0. The average molecular weight is 230 g/mol. The topological polar surface area (TPSA) is 41.6 Å². The molecule has 0 radical (unpaired) electrons. The summed E-state index contributed by atoms with van der Waals surface area (Å²) >= 11 is 0. The van der Waals surface area contributed by atoms with Gasteiger partial charge in [0.05, 0.1) is 13.2 Å². The molecule has 0 bridgehead atoms. The first-order valence-electron chi connectivity index (χ1n) is 6.33. The number of hydrogen-bond acceptors (Lipinski definition) is 4. The van der Waals surface area contributed by atoms with Gasteiger partial charge in [-0.15, -0.1) is 0 Å². The van der Waals surface area contributed by atoms with E-state index in [2.05, 4.69) is 24.1 Å². The number of rotatable bonds is 10. The van der Waals surface area contributed by atoms with Gasteiger partial charge in [-0.25, -0.2) is 0 Å². The molecular weight excluding hydrogens is 204 g/mol. The number of carbonyl (C=O) groups excluding carboxylic acids is 1. The Morgan fingerprint density at radius 2 is 1.75 bits per heavy atom. The Morgan fingerprint density at radius 3 is 2.25 bits per heavy atom. The van der Waals surface area contributed by atoms with Gasteiger partial charge in [-0.05, 0) is 32.9 Å². The molecule has 0 saturated carbocycles. The van der Waals surface area contributed by atoms with Crippen LogP contribution in [0.15, 0.2) is 0 Å². The van der Waals surface area contributed by atoms with E-state index in [1.165, 1.54) is 12.8 Å². The number of nitrogens with one attached hydrogen (secondary N) is 1. The second kappa shape index (κ2) is 10.9. The first-order valence-corrected chi connectivity index (χ1v) is 6.33. The molecule has 96 valence electrons. The van der Waals surface area contributed by atoms with Crippen molar-refractivity contribution in [2.75, 3.05) is 39.3 Å². The third-order valence-electron chi connectivity index (χ3n) is 2.26. The van der Waals surface area contributed by atoms with Crippen molar-refractivity contribution >= 4 is 5.97 Å². The predicted octanol–water partition coefficient (Wildman–Crippen LogP) is 1.26. The van der Waals surface area contributed by atoms with Gasteiger partial charge in [0, 0.05) is 13.1 Å². The highest BCUT2D eigenvalue weighted by atomic mass is 16.5. The number of ether oxygens (including phenoxy) is 1. The summed E-state index contributed by atoms with van der Waals surface area (Å²) in [7, 11) is 0. The van der Waals surface area contributed by atoms with Crippen molar-refractivity contribution in [1.29, 1.82) is 0 Å². The van der Waals surface area contributed by atoms with Gasteiger partial charge in [-0.2, -0.15) is 0 Å². The van der Waals surface area contributed by atoms with E-state index < -0.39 is 0 Å². The smallest absolute Gasteiger partial charge is 0.319 e. The molecule has 16 heavy (non-hydrogen) atoms. The average Bonchev–Trinajstić information content (AvgIpc) is 2.25. The number of carbonyl (C=O) groups is 1. The molecule has 0 aliphatic carbocycles. The first kappa shape index (κ1) is 15.4. The molecule has 0 heterocycles. The Labute approximate surface area is 99.3 Å². The van der Waals surface area contributed by atoms with E-state index in [0.717, 1.165) is 26.2 Å². The Hall–Kier alpha value is -0.610. The molecule has 4 heteroatoms. The van der Waals surface area contributed by atoms with Crippen molar-refractivity contribution in [3.63, 3.8) is 0 Å². The summed E-state index contributed by atoms with van der Waals surface area (Å²) in [5.74, 6) is -0.167. The van der Waals surface area contributed by atoms with Gasteiger partial charge in [-0.3, -0.25) is 4.79 Å². The van der Waals surface area contributed by atoms with Gasteiger partial charge >= 0.3 is 5.97 Å². The van der Waals surface area contributed by atoms with Crippen LogP contribution >= 0.6 is 0 Å². The fourth-order valence-corrected chi connectivity index (χ4v) is 1.61. The minimum atomic E-state index is -0.167. The van der Waals surface area contributed by atoms with Crippen LogP contribution in [0.4, 0.5) is 0 Å². The zero-order valence-electron chi connectivity index (χ0n) is 10.9. The van der Waals surface area contributed by atoms with Crippen LogP contribution in [0.25, 0.3) is 0 Å². The summed E-state index contributed by atoms with van der Waals surface area (Å²) in [5, 5.41) is 3.10. The molecular formula is C12H26N2O2. The Bertz CT molecular complexity index is 168. The molecule has 0 fully saturated rings. The van der Waals surface area contributed by atoms with Gasteiger partial charge in [-0.1, -0.05) is 13.8 Å². The summed E-state index contributed by atoms with van der Waals surface area (Å²) in [6.45, 7) is 11.1. The van der Waals surface area contributed by atoms with Crippen LogP contribution in [0.2, 0.25) is 0 Å². The maximum atomic E-state index is 11.0. The van der Waals surface area contributed by atoms with E-state index in [1.807, 2.05) is 6.92 Å². The van der Waals surface area contributed by atoms with Crippen molar-refractivity contribution in [1.82, 2.24) is 10.2 Å². The van der Waals surface area contributed by atoms with Gasteiger partial charge in [0.25, 0.3) is 0 Å². The molecule has 1 N–H and O–H groups in total. The third-order valence-corrected chi connectivity index (χ3v) is 2.26. The number of hydrogen-bond donors (Lipinski definition) is 1. The van der Waals surface area contributed by atoms with Crippen molar-refractivity contribution in [3.8, 4) is 0 Å². The SMILES string of the molecule is CCCN(CCC)CCNCC(=O)OCC. The maximum Gasteiger partial charge on any atom is 0.319 e. The summed E-state index contributed by atoms with van der Waals surface area (Å²) in [6.07, 6.45) is 2.36. The Morgan fingerprint density at radius 1 is 1.12 bits per heavy atom. The highest BCUT2D eigenvalue weighted by molar-refractivity contribution is 5.71. The molecule has 0 aliphatic rings. The zero-order valence-corrected chi connectivity index (χ0v) is 10.9. The summed E-state index contributed by atoms with van der Waals surface area (Å²) < 4.78 is 4.83. The largest absolute Gasteiger partial charge is 0.465 e. The molecule has 0 aromatic rings. The first-order chi connectivity index (χ1) is 7.74. The molecule has 0 saturated heterocycles. The summed E-state index contributed by atoms with van der Waals surface area (Å²) in [6, 6.07) is 0. The molecule has 0 aromatic heterocycles. The van der Waals surface area contributed by atoms with Crippen molar-refractivity contribution in [3.05, 3.63) is 0 Å². The van der Waals surface area contributed by atoms with E-state index in [1.54, 1.807) is 0 Å². The molecule has 0 atom stereocenters. The molecule has 0 aromatic carbocycles. The Balaban J connectivity index is 3.49. The quantitative estimate of drug-likeness (QED) is 0.453. The second-order valence-corrected chi connectivity index (χ2v) is 3.82. The van der Waals surface area contributed by atoms with Crippen LogP contribution in [-0.4, -0.2) is 50.2 Å². The third kappa shape index (κ3) is 8.68. The van der Waals surface area contributed by atoms with E-state index >= 15 is 0 Å². The molecule has 0 spiro atoms. The predicted molar refractivity (Wildman–Crippen MR) is 66.5 cm³/mol. The lowest BCUT2D eigenvalue weighted by Gasteiger charge is -2.20. The monoisotopic (exact) mass is 230 g/mol. The van der Waals surface area contributed by atoms with E-state index in [-0.39, 0.29) is 5.97 Å². The van der Waals surface area contributed by atoms with Crippen molar-refractivity contribution < 1.29 is 9.53 Å². The highest BCUT2D eigenvalue weighted by Crippen LogP contribution is 1.92. The van der Waals surface area contributed by atoms with Gasteiger partial charge in [0.15, 0.2) is 0 Å². The lowest BCUT2D eigenvalue weighted by molar-refractivity contribution is -0.142. The fourth-order valence-electron chi connectivity index (χ4n) is 1.61. The van der Waals surface area contributed by atoms with Crippen LogP contribution in [0.1, 0.15) is 33.6 Å². The minimum absolute atomic E-state index is 0.167. The second-order valence-electron chi connectivity index (χ2n) is 3.82. The lowest BCUT2D eigenvalue weighted by Crippen LogP contribution is -2.35. The fraction of sp³-hybridized carbons (Fsp3) is 0.917. The van der Waals surface area contributed by atoms with Crippen LogP contribution in [0.3, 0.4) is 0 Å². The molecule has 0 unspecified atom stereocenters. The van der Waals surface area contributed by atoms with E-state index in [0.29, 0.717) is 13.2 Å². The van der Waals surface area contributed by atoms with Crippen LogP contribution in [0, 0.1) is 0 Å². The van der Waals surface area contributed by atoms with E-state index in [9.17, 15) is 4.79 Å².